The number of aryl methyl sites for hydroxylation is 1. The van der Waals surface area contributed by atoms with Gasteiger partial charge in [0.1, 0.15) is 10.6 Å². The summed E-state index contributed by atoms with van der Waals surface area (Å²) in [7, 11) is 0. The van der Waals surface area contributed by atoms with Crippen molar-refractivity contribution in [2.45, 2.75) is 31.5 Å². The number of nitrogens with zero attached hydrogens (tertiary/aromatic N) is 1. The Morgan fingerprint density at radius 1 is 1.00 bits per heavy atom. The van der Waals surface area contributed by atoms with Crippen molar-refractivity contribution >= 4 is 11.3 Å². The highest BCUT2D eigenvalue weighted by Gasteiger charge is 2.36. The molecule has 0 radical (unpaired) electrons. The topological polar surface area (TPSA) is 72.3 Å². The Labute approximate surface area is 193 Å². The molecule has 0 fully saturated rings. The third-order valence-corrected chi connectivity index (χ3v) is 6.57. The molecular formula is C25H23F3N2O2S. The summed E-state index contributed by atoms with van der Waals surface area (Å²) in [5.41, 5.74) is 7.13. The van der Waals surface area contributed by atoms with E-state index < -0.39 is 16.6 Å². The van der Waals surface area contributed by atoms with Crippen molar-refractivity contribution in [1.29, 1.82) is 0 Å². The molecular weight excluding hydrogens is 449 g/mol. The number of halogens is 3. The highest BCUT2D eigenvalue weighted by molar-refractivity contribution is 7.16. The number of benzene rings is 2. The summed E-state index contributed by atoms with van der Waals surface area (Å²) >= 11 is 0.708. The standard InChI is InChI=1S/C25H23F3N2O2S/c1-24(29,15-31)12-11-17-14-30-23(32-17)19-10-6-5-9-18(19)21-13-20(16-7-3-2-4-8-16)22(33-21)25(26,27)28/h2-10,13-14,31H,11-12,15,29H2,1H3/t24-/m1/s1. The number of aromatic nitrogens is 1. The van der Waals surface area contributed by atoms with Crippen molar-refractivity contribution in [2.75, 3.05) is 6.61 Å². The molecule has 0 aliphatic rings. The average molecular weight is 473 g/mol. The molecule has 2 aromatic carbocycles. The summed E-state index contributed by atoms with van der Waals surface area (Å²) in [5, 5.41) is 9.33. The molecule has 0 aliphatic heterocycles. The summed E-state index contributed by atoms with van der Waals surface area (Å²) < 4.78 is 47.5. The van der Waals surface area contributed by atoms with Gasteiger partial charge in [-0.3, -0.25) is 0 Å². The molecule has 4 nitrogen and oxygen atoms in total. The van der Waals surface area contributed by atoms with Gasteiger partial charge in [-0.2, -0.15) is 13.2 Å². The van der Waals surface area contributed by atoms with Crippen LogP contribution in [0.1, 0.15) is 24.0 Å². The number of nitrogens with two attached hydrogens (primary N) is 1. The van der Waals surface area contributed by atoms with E-state index in [1.807, 2.05) is 0 Å². The normalized spacial score (nSPS) is 13.8. The fourth-order valence-corrected chi connectivity index (χ4v) is 4.57. The van der Waals surface area contributed by atoms with E-state index in [0.29, 0.717) is 57.4 Å². The van der Waals surface area contributed by atoms with E-state index in [1.54, 1.807) is 73.8 Å². The van der Waals surface area contributed by atoms with Gasteiger partial charge in [-0.15, -0.1) is 11.3 Å². The first-order valence-corrected chi connectivity index (χ1v) is 11.2. The van der Waals surface area contributed by atoms with Gasteiger partial charge in [0.2, 0.25) is 5.89 Å². The monoisotopic (exact) mass is 472 g/mol. The number of aliphatic hydroxyl groups excluding tert-OH is 1. The number of thiophene rings is 1. The van der Waals surface area contributed by atoms with Crippen LogP contribution < -0.4 is 5.73 Å². The molecule has 3 N–H and O–H groups in total. The SMILES string of the molecule is C[C@](N)(CO)CCc1cnc(-c2ccccc2-c2cc(-c3ccccc3)c(C(F)(F)F)s2)o1. The molecule has 33 heavy (non-hydrogen) atoms. The maximum atomic E-state index is 13.9. The number of rotatable bonds is 7. The lowest BCUT2D eigenvalue weighted by atomic mass is 9.98. The predicted octanol–water partition coefficient (Wildman–Crippen LogP) is 6.40. The van der Waals surface area contributed by atoms with Crippen molar-refractivity contribution in [2.24, 2.45) is 5.73 Å². The highest BCUT2D eigenvalue weighted by Crippen LogP contribution is 2.47. The summed E-state index contributed by atoms with van der Waals surface area (Å²) in [6, 6.07) is 17.2. The van der Waals surface area contributed by atoms with Gasteiger partial charge in [0.25, 0.3) is 0 Å². The maximum Gasteiger partial charge on any atom is 0.426 e. The summed E-state index contributed by atoms with van der Waals surface area (Å²) in [4.78, 5) is 4.18. The van der Waals surface area contributed by atoms with Crippen LogP contribution >= 0.6 is 11.3 Å². The van der Waals surface area contributed by atoms with Crippen LogP contribution in [0.2, 0.25) is 0 Å². The third kappa shape index (κ3) is 5.19. The zero-order valence-electron chi connectivity index (χ0n) is 17.9. The first-order chi connectivity index (χ1) is 15.7. The Hall–Kier alpha value is -2.94. The van der Waals surface area contributed by atoms with Crippen LogP contribution in [0.3, 0.4) is 0 Å². The Morgan fingerprint density at radius 2 is 1.67 bits per heavy atom. The molecule has 4 aromatic rings. The molecule has 0 bridgehead atoms. The highest BCUT2D eigenvalue weighted by atomic mass is 32.1. The van der Waals surface area contributed by atoms with Crippen LogP contribution in [0.5, 0.6) is 0 Å². The quantitative estimate of drug-likeness (QED) is 0.327. The Morgan fingerprint density at radius 3 is 2.33 bits per heavy atom. The van der Waals surface area contributed by atoms with Gasteiger partial charge in [-0.25, -0.2) is 4.98 Å². The number of aliphatic hydroxyl groups is 1. The lowest BCUT2D eigenvalue weighted by Gasteiger charge is -2.20. The largest absolute Gasteiger partial charge is 0.441 e. The van der Waals surface area contributed by atoms with Crippen LogP contribution in [-0.2, 0) is 12.6 Å². The second kappa shape index (κ2) is 9.13. The van der Waals surface area contributed by atoms with Crippen molar-refractivity contribution < 1.29 is 22.7 Å². The van der Waals surface area contributed by atoms with Gasteiger partial charge in [0.05, 0.1) is 12.8 Å². The van der Waals surface area contributed by atoms with Gasteiger partial charge >= 0.3 is 6.18 Å². The van der Waals surface area contributed by atoms with Crippen molar-refractivity contribution in [3.8, 4) is 33.0 Å². The predicted molar refractivity (Wildman–Crippen MR) is 124 cm³/mol. The Kier molecular flexibility index (Phi) is 6.43. The second-order valence-corrected chi connectivity index (χ2v) is 9.26. The van der Waals surface area contributed by atoms with Crippen LogP contribution in [0.25, 0.3) is 33.0 Å². The van der Waals surface area contributed by atoms with Gasteiger partial charge in [-0.05, 0) is 31.0 Å². The first kappa shape index (κ1) is 23.2. The molecule has 172 valence electrons. The number of hydrogen-bond acceptors (Lipinski definition) is 5. The van der Waals surface area contributed by atoms with Crippen LogP contribution in [0.4, 0.5) is 13.2 Å². The molecule has 8 heteroatoms. The number of hydrogen-bond donors (Lipinski definition) is 2. The number of alkyl halides is 3. The zero-order valence-corrected chi connectivity index (χ0v) is 18.7. The van der Waals surface area contributed by atoms with Gasteiger partial charge in [0.15, 0.2) is 0 Å². The average Bonchev–Trinajstić information content (AvgIpc) is 3.46. The summed E-state index contributed by atoms with van der Waals surface area (Å²) in [6.45, 7) is 1.60. The van der Waals surface area contributed by atoms with E-state index in [9.17, 15) is 18.3 Å². The lowest BCUT2D eigenvalue weighted by Crippen LogP contribution is -2.40. The fraction of sp³-hybridized carbons (Fsp3) is 0.240. The zero-order chi connectivity index (χ0) is 23.6. The van der Waals surface area contributed by atoms with Gasteiger partial charge < -0.3 is 15.3 Å². The van der Waals surface area contributed by atoms with E-state index in [1.165, 1.54) is 0 Å². The summed E-state index contributed by atoms with van der Waals surface area (Å²) in [5.74, 6) is 0.920. The minimum atomic E-state index is -4.47. The molecule has 0 saturated carbocycles. The Bertz CT molecular complexity index is 1230. The van der Waals surface area contributed by atoms with Crippen molar-refractivity contribution in [3.63, 3.8) is 0 Å². The van der Waals surface area contributed by atoms with Crippen LogP contribution in [-0.4, -0.2) is 22.2 Å². The molecule has 0 spiro atoms. The molecule has 2 heterocycles. The first-order valence-electron chi connectivity index (χ1n) is 10.4. The van der Waals surface area contributed by atoms with Crippen LogP contribution in [0.15, 0.2) is 71.3 Å². The molecule has 4 rings (SSSR count). The molecule has 0 saturated heterocycles. The summed E-state index contributed by atoms with van der Waals surface area (Å²) in [6.07, 6.45) is -1.90. The van der Waals surface area contributed by atoms with Crippen molar-refractivity contribution in [1.82, 2.24) is 4.98 Å². The minimum absolute atomic E-state index is 0.150. The van der Waals surface area contributed by atoms with E-state index >= 15 is 0 Å². The smallest absolute Gasteiger partial charge is 0.426 e. The van der Waals surface area contributed by atoms with Crippen molar-refractivity contribution in [3.05, 3.63) is 77.5 Å². The second-order valence-electron chi connectivity index (χ2n) is 8.21. The maximum absolute atomic E-state index is 13.9. The van der Waals surface area contributed by atoms with E-state index in [-0.39, 0.29) is 12.2 Å². The van der Waals surface area contributed by atoms with E-state index in [4.69, 9.17) is 10.2 Å². The fourth-order valence-electron chi connectivity index (χ4n) is 3.49. The van der Waals surface area contributed by atoms with Crippen LogP contribution in [0, 0.1) is 0 Å². The molecule has 2 aromatic heterocycles. The van der Waals surface area contributed by atoms with E-state index in [0.717, 1.165) is 0 Å². The van der Waals surface area contributed by atoms with Gasteiger partial charge in [-0.1, -0.05) is 48.5 Å². The van der Waals surface area contributed by atoms with E-state index in [2.05, 4.69) is 4.98 Å². The van der Waals surface area contributed by atoms with Gasteiger partial charge in [0, 0.05) is 33.5 Å². The molecule has 0 unspecified atom stereocenters. The molecule has 0 aliphatic carbocycles. The number of oxazole rings is 1. The third-order valence-electron chi connectivity index (χ3n) is 5.35. The molecule has 1 atom stereocenters. The minimum Gasteiger partial charge on any atom is -0.441 e. The lowest BCUT2D eigenvalue weighted by molar-refractivity contribution is -0.133. The Balaban J connectivity index is 1.73. The molecule has 0 amide bonds.